The van der Waals surface area contributed by atoms with E-state index >= 15 is 0 Å². The minimum Gasteiger partial charge on any atom is -0.459 e. The number of nitrogens with zero attached hydrogens (tertiary/aromatic N) is 3. The summed E-state index contributed by atoms with van der Waals surface area (Å²) in [7, 11) is 1.52. The lowest BCUT2D eigenvalue weighted by atomic mass is 9.97. The standard InChI is InChI=1S/C40H43N3O10/c1-46-40-37(49-24-29-18-10-4-11-19-29)36(48-23-28-16-8-3-9-17-28)35(47-22-27-14-6-2-7-15-27)32(53-40)26-51-39-34(44)33(42-43-41)31(52-39)25-50-38(45)30-20-12-5-13-21-30/h2-21,31-37,39-40,44H,22-26H2,1H3/t31-,32-,33-,34+,35-,36+,37-,39-,40+/m1/s1. The van der Waals surface area contributed by atoms with Gasteiger partial charge in [-0.25, -0.2) is 4.79 Å². The lowest BCUT2D eigenvalue weighted by molar-refractivity contribution is -0.328. The third-order valence-corrected chi connectivity index (χ3v) is 9.00. The molecule has 0 radical (unpaired) electrons. The highest BCUT2D eigenvalue weighted by Crippen LogP contribution is 2.33. The van der Waals surface area contributed by atoms with Crippen molar-refractivity contribution in [3.8, 4) is 0 Å². The van der Waals surface area contributed by atoms with Gasteiger partial charge in [0.2, 0.25) is 0 Å². The van der Waals surface area contributed by atoms with Crippen LogP contribution in [0.15, 0.2) is 126 Å². The van der Waals surface area contributed by atoms with Crippen LogP contribution in [0.5, 0.6) is 0 Å². The van der Waals surface area contributed by atoms with Crippen molar-refractivity contribution >= 4 is 5.97 Å². The first-order valence-electron chi connectivity index (χ1n) is 17.4. The van der Waals surface area contributed by atoms with Crippen LogP contribution in [-0.2, 0) is 57.7 Å². The van der Waals surface area contributed by atoms with Crippen molar-refractivity contribution < 1.29 is 47.8 Å². The molecule has 2 heterocycles. The van der Waals surface area contributed by atoms with Crippen LogP contribution in [0.25, 0.3) is 10.4 Å². The molecule has 0 saturated carbocycles. The Kier molecular flexibility index (Phi) is 14.0. The van der Waals surface area contributed by atoms with Gasteiger partial charge in [-0.1, -0.05) is 114 Å². The first-order chi connectivity index (χ1) is 26.0. The number of aliphatic hydroxyl groups excluding tert-OH is 1. The molecule has 2 fully saturated rings. The van der Waals surface area contributed by atoms with E-state index in [2.05, 4.69) is 10.0 Å². The Labute approximate surface area is 307 Å². The third-order valence-electron chi connectivity index (χ3n) is 9.00. The molecule has 2 aliphatic rings. The van der Waals surface area contributed by atoms with E-state index in [0.717, 1.165) is 16.7 Å². The van der Waals surface area contributed by atoms with Gasteiger partial charge in [-0.05, 0) is 34.4 Å². The third kappa shape index (κ3) is 10.3. The van der Waals surface area contributed by atoms with Crippen molar-refractivity contribution in [1.82, 2.24) is 0 Å². The summed E-state index contributed by atoms with van der Waals surface area (Å²) in [4.78, 5) is 15.5. The van der Waals surface area contributed by atoms with Gasteiger partial charge in [0.15, 0.2) is 12.6 Å². The fourth-order valence-corrected chi connectivity index (χ4v) is 6.27. The van der Waals surface area contributed by atoms with E-state index in [-0.39, 0.29) is 33.0 Å². The molecule has 13 nitrogen and oxygen atoms in total. The molecule has 0 spiro atoms. The van der Waals surface area contributed by atoms with Crippen LogP contribution in [0.4, 0.5) is 0 Å². The number of hydrogen-bond acceptors (Lipinski definition) is 11. The first-order valence-corrected chi connectivity index (χ1v) is 17.4. The number of azide groups is 1. The van der Waals surface area contributed by atoms with E-state index in [9.17, 15) is 15.4 Å². The van der Waals surface area contributed by atoms with Gasteiger partial charge < -0.3 is 43.0 Å². The number of carbonyl (C=O) groups excluding carboxylic acids is 1. The van der Waals surface area contributed by atoms with E-state index in [1.807, 2.05) is 91.0 Å². The van der Waals surface area contributed by atoms with Gasteiger partial charge in [0.05, 0.1) is 38.0 Å². The average molecular weight is 726 g/mol. The Morgan fingerprint density at radius 2 is 1.15 bits per heavy atom. The molecular formula is C40H43N3O10. The lowest BCUT2D eigenvalue weighted by Crippen LogP contribution is -2.61. The molecule has 13 heteroatoms. The predicted octanol–water partition coefficient (Wildman–Crippen LogP) is 5.75. The summed E-state index contributed by atoms with van der Waals surface area (Å²) < 4.78 is 49.6. The van der Waals surface area contributed by atoms with Crippen LogP contribution < -0.4 is 0 Å². The highest BCUT2D eigenvalue weighted by atomic mass is 16.7. The number of aliphatic hydroxyl groups is 1. The summed E-state index contributed by atoms with van der Waals surface area (Å²) in [5, 5.41) is 14.9. The quantitative estimate of drug-likeness (QED) is 0.0615. The predicted molar refractivity (Wildman–Crippen MR) is 191 cm³/mol. The largest absolute Gasteiger partial charge is 0.459 e. The second-order valence-electron chi connectivity index (χ2n) is 12.6. The minimum absolute atomic E-state index is 0.142. The summed E-state index contributed by atoms with van der Waals surface area (Å²) in [6, 6.07) is 36.6. The molecule has 4 aromatic rings. The molecular weight excluding hydrogens is 682 g/mol. The van der Waals surface area contributed by atoms with Gasteiger partial charge in [0, 0.05) is 12.0 Å². The second-order valence-corrected chi connectivity index (χ2v) is 12.6. The van der Waals surface area contributed by atoms with E-state index in [0.29, 0.717) is 5.56 Å². The first kappa shape index (κ1) is 38.1. The molecule has 278 valence electrons. The highest BCUT2D eigenvalue weighted by molar-refractivity contribution is 5.89. The van der Waals surface area contributed by atoms with Crippen molar-refractivity contribution in [3.63, 3.8) is 0 Å². The maximum Gasteiger partial charge on any atom is 0.338 e. The molecule has 2 aliphatic heterocycles. The normalized spacial score (nSPS) is 26.8. The van der Waals surface area contributed by atoms with Crippen molar-refractivity contribution in [2.24, 2.45) is 5.11 Å². The molecule has 0 amide bonds. The molecule has 4 aromatic carbocycles. The van der Waals surface area contributed by atoms with Crippen molar-refractivity contribution in [2.75, 3.05) is 20.3 Å². The maximum atomic E-state index is 12.6. The number of benzene rings is 4. The average Bonchev–Trinajstić information content (AvgIpc) is 3.51. The summed E-state index contributed by atoms with van der Waals surface area (Å²) in [5.41, 5.74) is 12.4. The summed E-state index contributed by atoms with van der Waals surface area (Å²) in [6.07, 6.45) is -7.45. The molecule has 0 aliphatic carbocycles. The van der Waals surface area contributed by atoms with Crippen LogP contribution in [0.2, 0.25) is 0 Å². The highest BCUT2D eigenvalue weighted by Gasteiger charge is 2.50. The number of methoxy groups -OCH3 is 1. The lowest BCUT2D eigenvalue weighted by Gasteiger charge is -2.45. The van der Waals surface area contributed by atoms with Crippen molar-refractivity contribution in [3.05, 3.63) is 154 Å². The number of esters is 1. The summed E-state index contributed by atoms with van der Waals surface area (Å²) >= 11 is 0. The molecule has 9 atom stereocenters. The summed E-state index contributed by atoms with van der Waals surface area (Å²) in [5.74, 6) is -0.585. The van der Waals surface area contributed by atoms with Gasteiger partial charge >= 0.3 is 5.97 Å². The van der Waals surface area contributed by atoms with Crippen LogP contribution in [0.3, 0.4) is 0 Å². The minimum atomic E-state index is -1.37. The van der Waals surface area contributed by atoms with E-state index in [1.165, 1.54) is 7.11 Å². The maximum absolute atomic E-state index is 12.6. The Morgan fingerprint density at radius 1 is 0.660 bits per heavy atom. The molecule has 0 bridgehead atoms. The smallest absolute Gasteiger partial charge is 0.338 e. The Hall–Kier alpha value is -4.66. The molecule has 0 aromatic heterocycles. The summed E-state index contributed by atoms with van der Waals surface area (Å²) in [6.45, 7) is 0.338. The Balaban J connectivity index is 1.21. The second kappa shape index (κ2) is 19.4. The molecule has 53 heavy (non-hydrogen) atoms. The Morgan fingerprint density at radius 3 is 1.68 bits per heavy atom. The zero-order valence-corrected chi connectivity index (χ0v) is 29.2. The molecule has 0 unspecified atom stereocenters. The van der Waals surface area contributed by atoms with Gasteiger partial charge in [0.25, 0.3) is 0 Å². The SMILES string of the molecule is CO[C@H]1O[C@H](CO[C@@H]2O[C@H](COC(=O)c3ccccc3)[C@@H](N=[N+]=[N-])[C@@H]2O)[C@@H](OCc2ccccc2)[C@H](OCc2ccccc2)[C@H]1OCc1ccccc1. The van der Waals surface area contributed by atoms with Crippen molar-refractivity contribution in [2.45, 2.75) is 75.1 Å². The molecule has 1 N–H and O–H groups in total. The van der Waals surface area contributed by atoms with Crippen LogP contribution >= 0.6 is 0 Å². The molecule has 6 rings (SSSR count). The van der Waals surface area contributed by atoms with Crippen LogP contribution in [0, 0.1) is 0 Å². The zero-order chi connectivity index (χ0) is 36.8. The fraction of sp³-hybridized carbons (Fsp3) is 0.375. The fourth-order valence-electron chi connectivity index (χ4n) is 6.27. The van der Waals surface area contributed by atoms with Gasteiger partial charge in [-0.2, -0.15) is 0 Å². The van der Waals surface area contributed by atoms with Crippen LogP contribution in [-0.4, -0.2) is 86.6 Å². The van der Waals surface area contributed by atoms with Crippen LogP contribution in [0.1, 0.15) is 27.0 Å². The van der Waals surface area contributed by atoms with Crippen molar-refractivity contribution in [1.29, 1.82) is 0 Å². The van der Waals surface area contributed by atoms with Gasteiger partial charge in [-0.3, -0.25) is 0 Å². The van der Waals surface area contributed by atoms with E-state index < -0.39 is 61.2 Å². The number of hydrogen-bond donors (Lipinski definition) is 1. The monoisotopic (exact) mass is 725 g/mol. The van der Waals surface area contributed by atoms with Gasteiger partial charge in [0.1, 0.15) is 43.2 Å². The number of rotatable bonds is 17. The zero-order valence-electron chi connectivity index (χ0n) is 29.2. The number of carbonyl (C=O) groups is 1. The Bertz CT molecular complexity index is 1730. The topological polar surface area (TPSA) is 160 Å². The number of ether oxygens (including phenoxy) is 8. The van der Waals surface area contributed by atoms with E-state index in [4.69, 9.17) is 37.9 Å². The van der Waals surface area contributed by atoms with E-state index in [1.54, 1.807) is 30.3 Å². The van der Waals surface area contributed by atoms with Gasteiger partial charge in [-0.15, -0.1) is 0 Å². The molecule has 2 saturated heterocycles.